The van der Waals surface area contributed by atoms with Gasteiger partial charge in [0.2, 0.25) is 11.0 Å². The van der Waals surface area contributed by atoms with Crippen LogP contribution in [0, 0.1) is 25.5 Å². The molecule has 0 bridgehead atoms. The van der Waals surface area contributed by atoms with E-state index in [2.05, 4.69) is 21.5 Å². The Morgan fingerprint density at radius 2 is 1.90 bits per heavy atom. The number of nitrogens with zero attached hydrogens (tertiary/aromatic N) is 3. The van der Waals surface area contributed by atoms with Gasteiger partial charge in [0.05, 0.1) is 15.9 Å². The zero-order valence-electron chi connectivity index (χ0n) is 15.7. The number of carbonyl (C=O) groups excluding carboxylic acids is 1. The molecule has 5 nitrogen and oxygen atoms in total. The summed E-state index contributed by atoms with van der Waals surface area (Å²) >= 11 is 1.47. The molecule has 146 valence electrons. The van der Waals surface area contributed by atoms with E-state index >= 15 is 0 Å². The van der Waals surface area contributed by atoms with E-state index < -0.39 is 17.6 Å². The van der Waals surface area contributed by atoms with Crippen LogP contribution in [0.4, 0.5) is 14.6 Å². The van der Waals surface area contributed by atoms with Crippen molar-refractivity contribution in [1.82, 2.24) is 14.8 Å². The number of aromatic nitrogens is 3. The molecule has 29 heavy (non-hydrogen) atoms. The molecular formula is C21H16F2N4OS. The Bertz CT molecular complexity index is 1270. The van der Waals surface area contributed by atoms with E-state index in [4.69, 9.17) is 0 Å². The van der Waals surface area contributed by atoms with Gasteiger partial charge in [-0.3, -0.25) is 4.79 Å². The Balaban J connectivity index is 1.68. The first-order chi connectivity index (χ1) is 13.9. The number of carbonyl (C=O) groups is 1. The SMILES string of the molecule is Cc1ccc2nc(-n3nc(C)c4c3NC(=O)C[C@H]4c3cc(F)cc(F)c3)sc2c1. The molecule has 4 aromatic rings. The molecule has 5 rings (SSSR count). The summed E-state index contributed by atoms with van der Waals surface area (Å²) in [4.78, 5) is 17.1. The standard InChI is InChI=1S/C21H16F2N4OS/c1-10-3-4-16-17(5-10)29-21(24-16)27-20-19(11(2)26-27)15(9-18(28)25-20)12-6-13(22)8-14(23)7-12/h3-8,15H,9H2,1-2H3,(H,25,28)/t15-/m0/s1. The molecule has 1 aliphatic rings. The van der Waals surface area contributed by atoms with Gasteiger partial charge in [-0.05, 0) is 49.2 Å². The summed E-state index contributed by atoms with van der Waals surface area (Å²) in [6.07, 6.45) is 0.0987. The van der Waals surface area contributed by atoms with Gasteiger partial charge >= 0.3 is 0 Å². The molecule has 0 unspecified atom stereocenters. The number of amides is 1. The molecule has 1 amide bonds. The molecule has 2 aromatic carbocycles. The quantitative estimate of drug-likeness (QED) is 0.514. The number of anilines is 1. The largest absolute Gasteiger partial charge is 0.310 e. The average molecular weight is 410 g/mol. The summed E-state index contributed by atoms with van der Waals surface area (Å²) in [6, 6.07) is 9.36. The number of hydrogen-bond donors (Lipinski definition) is 1. The van der Waals surface area contributed by atoms with E-state index in [0.717, 1.165) is 27.4 Å². The molecule has 0 radical (unpaired) electrons. The fourth-order valence-corrected chi connectivity index (χ4v) is 4.88. The highest BCUT2D eigenvalue weighted by Crippen LogP contribution is 2.41. The Hall–Kier alpha value is -3.13. The van der Waals surface area contributed by atoms with Crippen molar-refractivity contribution in [2.24, 2.45) is 0 Å². The number of nitrogens with one attached hydrogen (secondary N) is 1. The van der Waals surface area contributed by atoms with E-state index in [1.165, 1.54) is 23.5 Å². The second kappa shape index (κ2) is 6.45. The summed E-state index contributed by atoms with van der Waals surface area (Å²) in [5.74, 6) is -1.54. The van der Waals surface area contributed by atoms with Crippen LogP contribution in [0.1, 0.15) is 34.7 Å². The Morgan fingerprint density at radius 3 is 2.66 bits per heavy atom. The van der Waals surface area contributed by atoms with Crippen LogP contribution >= 0.6 is 11.3 Å². The summed E-state index contributed by atoms with van der Waals surface area (Å²) in [6.45, 7) is 3.84. The maximum absolute atomic E-state index is 13.8. The van der Waals surface area contributed by atoms with Gasteiger partial charge in [-0.1, -0.05) is 17.4 Å². The fraction of sp³-hybridized carbons (Fsp3) is 0.190. The molecule has 1 N–H and O–H groups in total. The average Bonchev–Trinajstić information content (AvgIpc) is 3.20. The third kappa shape index (κ3) is 3.00. The van der Waals surface area contributed by atoms with Crippen molar-refractivity contribution >= 4 is 33.3 Å². The van der Waals surface area contributed by atoms with Gasteiger partial charge in [0, 0.05) is 24.0 Å². The van der Waals surface area contributed by atoms with Crippen LogP contribution in [0.5, 0.6) is 0 Å². The molecule has 0 saturated carbocycles. The van der Waals surface area contributed by atoms with E-state index in [-0.39, 0.29) is 12.3 Å². The Morgan fingerprint density at radius 1 is 1.14 bits per heavy atom. The lowest BCUT2D eigenvalue weighted by Gasteiger charge is -2.24. The highest BCUT2D eigenvalue weighted by Gasteiger charge is 2.33. The second-order valence-electron chi connectivity index (χ2n) is 7.23. The Kier molecular flexibility index (Phi) is 3.99. The van der Waals surface area contributed by atoms with Crippen LogP contribution in [0.2, 0.25) is 0 Å². The second-order valence-corrected chi connectivity index (χ2v) is 8.24. The molecule has 0 saturated heterocycles. The smallest absolute Gasteiger partial charge is 0.226 e. The van der Waals surface area contributed by atoms with Crippen LogP contribution in [-0.2, 0) is 4.79 Å². The highest BCUT2D eigenvalue weighted by atomic mass is 32.1. The van der Waals surface area contributed by atoms with Gasteiger partial charge in [0.15, 0.2) is 0 Å². The predicted molar refractivity (Wildman–Crippen MR) is 108 cm³/mol. The fourth-order valence-electron chi connectivity index (χ4n) is 3.86. The third-order valence-electron chi connectivity index (χ3n) is 5.10. The number of halogens is 2. The first-order valence-corrected chi connectivity index (χ1v) is 9.93. The molecule has 0 aliphatic carbocycles. The summed E-state index contributed by atoms with van der Waals surface area (Å²) in [5, 5.41) is 8.10. The number of benzene rings is 2. The van der Waals surface area contributed by atoms with E-state index in [1.807, 2.05) is 26.0 Å². The van der Waals surface area contributed by atoms with Crippen molar-refractivity contribution in [3.05, 3.63) is 70.4 Å². The van der Waals surface area contributed by atoms with Gasteiger partial charge in [-0.2, -0.15) is 9.78 Å². The van der Waals surface area contributed by atoms with Gasteiger partial charge in [-0.25, -0.2) is 13.8 Å². The first kappa shape index (κ1) is 17.9. The van der Waals surface area contributed by atoms with Gasteiger partial charge in [0.1, 0.15) is 17.5 Å². The third-order valence-corrected chi connectivity index (χ3v) is 6.10. The number of hydrogen-bond acceptors (Lipinski definition) is 4. The molecule has 0 fully saturated rings. The van der Waals surface area contributed by atoms with E-state index in [9.17, 15) is 13.6 Å². The molecule has 2 aromatic heterocycles. The van der Waals surface area contributed by atoms with Crippen molar-refractivity contribution in [3.63, 3.8) is 0 Å². The van der Waals surface area contributed by atoms with Crippen LogP contribution in [0.3, 0.4) is 0 Å². The molecular weight excluding hydrogens is 394 g/mol. The maximum atomic E-state index is 13.8. The van der Waals surface area contributed by atoms with Crippen molar-refractivity contribution in [3.8, 4) is 5.13 Å². The lowest BCUT2D eigenvalue weighted by atomic mass is 9.85. The van der Waals surface area contributed by atoms with Crippen LogP contribution in [0.25, 0.3) is 15.3 Å². The van der Waals surface area contributed by atoms with Crippen LogP contribution < -0.4 is 5.32 Å². The summed E-state index contributed by atoms with van der Waals surface area (Å²) < 4.78 is 30.3. The predicted octanol–water partition coefficient (Wildman–Crippen LogP) is 4.85. The zero-order valence-corrected chi connectivity index (χ0v) is 16.5. The summed E-state index contributed by atoms with van der Waals surface area (Å²) in [5.41, 5.74) is 3.84. The van der Waals surface area contributed by atoms with Crippen molar-refractivity contribution in [1.29, 1.82) is 0 Å². The minimum absolute atomic E-state index is 0.0987. The minimum Gasteiger partial charge on any atom is -0.310 e. The van der Waals surface area contributed by atoms with Gasteiger partial charge in [-0.15, -0.1) is 0 Å². The Labute approximate surface area is 169 Å². The molecule has 0 spiro atoms. The molecule has 1 atom stereocenters. The van der Waals surface area contributed by atoms with Crippen molar-refractivity contribution < 1.29 is 13.6 Å². The van der Waals surface area contributed by atoms with Crippen LogP contribution in [-0.4, -0.2) is 20.7 Å². The maximum Gasteiger partial charge on any atom is 0.226 e. The number of thiazole rings is 1. The van der Waals surface area contributed by atoms with E-state index in [0.29, 0.717) is 22.2 Å². The minimum atomic E-state index is -0.667. The number of aryl methyl sites for hydroxylation is 2. The lowest BCUT2D eigenvalue weighted by Crippen LogP contribution is -2.25. The highest BCUT2D eigenvalue weighted by molar-refractivity contribution is 7.20. The van der Waals surface area contributed by atoms with Gasteiger partial charge < -0.3 is 5.32 Å². The monoisotopic (exact) mass is 410 g/mol. The van der Waals surface area contributed by atoms with Gasteiger partial charge in [0.25, 0.3) is 0 Å². The topological polar surface area (TPSA) is 59.8 Å². The normalized spacial score (nSPS) is 16.1. The van der Waals surface area contributed by atoms with Crippen LogP contribution in [0.15, 0.2) is 36.4 Å². The lowest BCUT2D eigenvalue weighted by molar-refractivity contribution is -0.116. The van der Waals surface area contributed by atoms with Crippen molar-refractivity contribution in [2.45, 2.75) is 26.2 Å². The molecule has 3 heterocycles. The molecule has 8 heteroatoms. The van der Waals surface area contributed by atoms with E-state index in [1.54, 1.807) is 4.68 Å². The summed E-state index contributed by atoms with van der Waals surface area (Å²) in [7, 11) is 0. The molecule has 1 aliphatic heterocycles. The number of fused-ring (bicyclic) bond motifs is 2. The zero-order chi connectivity index (χ0) is 20.3. The first-order valence-electron chi connectivity index (χ1n) is 9.12. The number of rotatable bonds is 2. The van der Waals surface area contributed by atoms with Crippen molar-refractivity contribution in [2.75, 3.05) is 5.32 Å².